The van der Waals surface area contributed by atoms with Crippen molar-refractivity contribution in [3.8, 4) is 11.5 Å². The van der Waals surface area contributed by atoms with Crippen LogP contribution in [0.1, 0.15) is 21.5 Å². The Kier molecular flexibility index (Phi) is 5.32. The first-order valence-electron chi connectivity index (χ1n) is 7.96. The third-order valence-corrected chi connectivity index (χ3v) is 3.69. The standard InChI is InChI=1S/C21H18NO3/c22-21(23)18-12-7-13-19(24-14-16-8-3-1-4-9-16)20(18)25-15-17-10-5-2-6-11-17/h1-13,22H,14-15H2. The minimum absolute atomic E-state index is 0.196. The molecule has 125 valence electrons. The van der Waals surface area contributed by atoms with E-state index in [2.05, 4.69) is 0 Å². The monoisotopic (exact) mass is 332 g/mol. The lowest BCUT2D eigenvalue weighted by molar-refractivity contribution is 0.0986. The van der Waals surface area contributed by atoms with E-state index in [1.165, 1.54) is 0 Å². The van der Waals surface area contributed by atoms with Gasteiger partial charge in [-0.3, -0.25) is 10.5 Å². The molecule has 1 amide bonds. The van der Waals surface area contributed by atoms with E-state index in [1.54, 1.807) is 18.2 Å². The van der Waals surface area contributed by atoms with Gasteiger partial charge in [0.05, 0.1) is 5.56 Å². The first-order chi connectivity index (χ1) is 12.2. The van der Waals surface area contributed by atoms with Gasteiger partial charge in [-0.05, 0) is 23.3 Å². The van der Waals surface area contributed by atoms with Gasteiger partial charge in [-0.2, -0.15) is 0 Å². The van der Waals surface area contributed by atoms with E-state index in [-0.39, 0.29) is 5.56 Å². The van der Waals surface area contributed by atoms with Crippen LogP contribution in [-0.2, 0) is 13.2 Å². The molecule has 0 heterocycles. The zero-order valence-corrected chi connectivity index (χ0v) is 13.6. The highest BCUT2D eigenvalue weighted by atomic mass is 16.5. The molecule has 1 N–H and O–H groups in total. The van der Waals surface area contributed by atoms with Gasteiger partial charge in [0, 0.05) is 0 Å². The second kappa shape index (κ2) is 8.02. The van der Waals surface area contributed by atoms with Crippen molar-refractivity contribution in [3.63, 3.8) is 0 Å². The van der Waals surface area contributed by atoms with E-state index < -0.39 is 5.91 Å². The molecule has 3 aromatic rings. The molecule has 0 saturated carbocycles. The maximum atomic E-state index is 11.6. The number of nitrogens with one attached hydrogen (secondary N) is 1. The summed E-state index contributed by atoms with van der Waals surface area (Å²) < 4.78 is 11.7. The smallest absolute Gasteiger partial charge is 0.273 e. The molecule has 0 spiro atoms. The van der Waals surface area contributed by atoms with E-state index >= 15 is 0 Å². The summed E-state index contributed by atoms with van der Waals surface area (Å²) in [7, 11) is 0. The van der Waals surface area contributed by atoms with Gasteiger partial charge in [0.2, 0.25) is 0 Å². The Morgan fingerprint density at radius 1 is 0.720 bits per heavy atom. The molecule has 0 saturated heterocycles. The number of carbonyl (C=O) groups excluding carboxylic acids is 1. The number of rotatable bonds is 7. The summed E-state index contributed by atoms with van der Waals surface area (Å²) in [5.74, 6) is -0.0339. The predicted molar refractivity (Wildman–Crippen MR) is 95.4 cm³/mol. The summed E-state index contributed by atoms with van der Waals surface area (Å²) in [5.41, 5.74) is 9.65. The third-order valence-electron chi connectivity index (χ3n) is 3.69. The molecule has 0 unspecified atom stereocenters. The predicted octanol–water partition coefficient (Wildman–Crippen LogP) is 4.27. The lowest BCUT2D eigenvalue weighted by Gasteiger charge is -2.15. The lowest BCUT2D eigenvalue weighted by Crippen LogP contribution is -2.07. The number of para-hydroxylation sites is 1. The molecule has 3 rings (SSSR count). The van der Waals surface area contributed by atoms with Gasteiger partial charge in [0.1, 0.15) is 13.2 Å². The van der Waals surface area contributed by atoms with E-state index in [0.717, 1.165) is 11.1 Å². The summed E-state index contributed by atoms with van der Waals surface area (Å²) in [6, 6.07) is 24.4. The first kappa shape index (κ1) is 16.6. The molecule has 3 aromatic carbocycles. The molecule has 0 bridgehead atoms. The fourth-order valence-electron chi connectivity index (χ4n) is 2.42. The van der Waals surface area contributed by atoms with Gasteiger partial charge < -0.3 is 9.47 Å². The summed E-state index contributed by atoms with van der Waals surface area (Å²) in [6.45, 7) is 0.658. The molecule has 25 heavy (non-hydrogen) atoms. The Bertz CT molecular complexity index is 832. The van der Waals surface area contributed by atoms with Crippen molar-refractivity contribution in [2.24, 2.45) is 0 Å². The molecule has 4 nitrogen and oxygen atoms in total. The van der Waals surface area contributed by atoms with Crippen LogP contribution in [0.25, 0.3) is 0 Å². The lowest BCUT2D eigenvalue weighted by atomic mass is 10.1. The van der Waals surface area contributed by atoms with Gasteiger partial charge in [-0.1, -0.05) is 66.7 Å². The van der Waals surface area contributed by atoms with Crippen molar-refractivity contribution >= 4 is 5.91 Å². The fraction of sp³-hybridized carbons (Fsp3) is 0.0952. The minimum atomic E-state index is -0.798. The average Bonchev–Trinajstić information content (AvgIpc) is 2.66. The van der Waals surface area contributed by atoms with Crippen LogP contribution in [-0.4, -0.2) is 5.91 Å². The van der Waals surface area contributed by atoms with Gasteiger partial charge >= 0.3 is 0 Å². The van der Waals surface area contributed by atoms with Gasteiger partial charge in [0.15, 0.2) is 11.5 Å². The van der Waals surface area contributed by atoms with E-state index in [4.69, 9.17) is 15.2 Å². The molecular weight excluding hydrogens is 314 g/mol. The Hall–Kier alpha value is -3.27. The number of ether oxygens (including phenoxy) is 2. The number of hydrogen-bond acceptors (Lipinski definition) is 3. The van der Waals surface area contributed by atoms with Crippen molar-refractivity contribution in [1.29, 1.82) is 0 Å². The molecule has 1 radical (unpaired) electrons. The van der Waals surface area contributed by atoms with Crippen LogP contribution in [0.2, 0.25) is 0 Å². The highest BCUT2D eigenvalue weighted by Crippen LogP contribution is 2.32. The van der Waals surface area contributed by atoms with Crippen molar-refractivity contribution in [1.82, 2.24) is 5.73 Å². The second-order valence-corrected chi connectivity index (χ2v) is 5.51. The maximum Gasteiger partial charge on any atom is 0.273 e. The fourth-order valence-corrected chi connectivity index (χ4v) is 2.42. The van der Waals surface area contributed by atoms with Gasteiger partial charge in [-0.25, -0.2) is 0 Å². The highest BCUT2D eigenvalue weighted by Gasteiger charge is 2.16. The van der Waals surface area contributed by atoms with Crippen LogP contribution in [0, 0.1) is 0 Å². The van der Waals surface area contributed by atoms with Crippen LogP contribution in [0.3, 0.4) is 0 Å². The maximum absolute atomic E-state index is 11.6. The summed E-state index contributed by atoms with van der Waals surface area (Å²) in [5, 5.41) is 0. The average molecular weight is 332 g/mol. The SMILES string of the molecule is [NH]C(=O)c1cccc(OCc2ccccc2)c1OCc1ccccc1. The molecule has 0 atom stereocenters. The van der Waals surface area contributed by atoms with Crippen molar-refractivity contribution in [3.05, 3.63) is 95.6 Å². The summed E-state index contributed by atoms with van der Waals surface area (Å²) in [4.78, 5) is 11.6. The van der Waals surface area contributed by atoms with Crippen molar-refractivity contribution in [2.75, 3.05) is 0 Å². The third kappa shape index (κ3) is 4.38. The zero-order chi connectivity index (χ0) is 17.5. The normalized spacial score (nSPS) is 10.2. The number of carbonyl (C=O) groups is 1. The molecule has 0 aliphatic rings. The van der Waals surface area contributed by atoms with E-state index in [1.807, 2.05) is 60.7 Å². The number of hydrogen-bond donors (Lipinski definition) is 0. The van der Waals surface area contributed by atoms with E-state index in [0.29, 0.717) is 24.7 Å². The van der Waals surface area contributed by atoms with Crippen LogP contribution in [0.15, 0.2) is 78.9 Å². The zero-order valence-electron chi connectivity index (χ0n) is 13.6. The molecule has 0 aliphatic heterocycles. The van der Waals surface area contributed by atoms with Crippen LogP contribution >= 0.6 is 0 Å². The molecular formula is C21H18NO3. The number of amides is 1. The molecule has 4 heteroatoms. The van der Waals surface area contributed by atoms with Crippen LogP contribution < -0.4 is 15.2 Å². The Morgan fingerprint density at radius 3 is 1.84 bits per heavy atom. The highest BCUT2D eigenvalue weighted by molar-refractivity contribution is 5.96. The largest absolute Gasteiger partial charge is 0.485 e. The Balaban J connectivity index is 1.81. The molecule has 0 aromatic heterocycles. The summed E-state index contributed by atoms with van der Waals surface area (Å²) >= 11 is 0. The first-order valence-corrected chi connectivity index (χ1v) is 7.96. The van der Waals surface area contributed by atoms with Gasteiger partial charge in [-0.15, -0.1) is 0 Å². The minimum Gasteiger partial charge on any atom is -0.485 e. The summed E-state index contributed by atoms with van der Waals surface area (Å²) in [6.07, 6.45) is 0. The van der Waals surface area contributed by atoms with Gasteiger partial charge in [0.25, 0.3) is 5.91 Å². The molecule has 0 fully saturated rings. The topological polar surface area (TPSA) is 59.3 Å². The van der Waals surface area contributed by atoms with Crippen LogP contribution in [0.5, 0.6) is 11.5 Å². The molecule has 0 aliphatic carbocycles. The van der Waals surface area contributed by atoms with E-state index in [9.17, 15) is 4.79 Å². The Labute approximate surface area is 146 Å². The number of benzene rings is 3. The quantitative estimate of drug-likeness (QED) is 0.649. The van der Waals surface area contributed by atoms with Crippen molar-refractivity contribution < 1.29 is 14.3 Å². The van der Waals surface area contributed by atoms with Crippen molar-refractivity contribution in [2.45, 2.75) is 13.2 Å². The second-order valence-electron chi connectivity index (χ2n) is 5.51. The Morgan fingerprint density at radius 2 is 1.28 bits per heavy atom. The van der Waals surface area contributed by atoms with Crippen LogP contribution in [0.4, 0.5) is 0 Å².